The molecule has 0 aliphatic heterocycles. The highest BCUT2D eigenvalue weighted by atomic mass is 16.1. The van der Waals surface area contributed by atoms with Gasteiger partial charge in [0, 0.05) is 47.4 Å². The fourth-order valence-electron chi connectivity index (χ4n) is 5.16. The molecule has 0 bridgehead atoms. The average molecular weight is 436 g/mol. The van der Waals surface area contributed by atoms with Crippen LogP contribution in [-0.2, 0) is 17.8 Å². The van der Waals surface area contributed by atoms with Crippen LogP contribution >= 0.6 is 0 Å². The number of anilines is 2. The largest absolute Gasteiger partial charge is 0.354 e. The second kappa shape index (κ2) is 8.70. The Morgan fingerprint density at radius 3 is 2.33 bits per heavy atom. The molecule has 2 aromatic carbocycles. The Bertz CT molecular complexity index is 1240. The van der Waals surface area contributed by atoms with Crippen LogP contribution in [0.25, 0.3) is 11.3 Å². The first-order valence-corrected chi connectivity index (χ1v) is 11.5. The molecule has 0 saturated heterocycles. The number of nitrogens with zero attached hydrogens (tertiary/aromatic N) is 2. The minimum atomic E-state index is -0.146. The predicted molar refractivity (Wildman–Crippen MR) is 134 cm³/mol. The average Bonchev–Trinajstić information content (AvgIpc) is 3.12. The van der Waals surface area contributed by atoms with Gasteiger partial charge < -0.3 is 14.7 Å². The van der Waals surface area contributed by atoms with Gasteiger partial charge in [0.25, 0.3) is 0 Å². The lowest BCUT2D eigenvalue weighted by molar-refractivity contribution is -0.109. The van der Waals surface area contributed by atoms with Crippen molar-refractivity contribution in [3.63, 3.8) is 0 Å². The lowest BCUT2D eigenvalue weighted by Crippen LogP contribution is -2.28. The van der Waals surface area contributed by atoms with E-state index in [4.69, 9.17) is 0 Å². The fraction of sp³-hybridized carbons (Fsp3) is 0.241. The molecule has 166 valence electrons. The van der Waals surface area contributed by atoms with E-state index in [1.54, 1.807) is 0 Å². The molecule has 1 aliphatic carbocycles. The van der Waals surface area contributed by atoms with Crippen LogP contribution in [0.2, 0.25) is 0 Å². The zero-order valence-electron chi connectivity index (χ0n) is 19.2. The van der Waals surface area contributed by atoms with Gasteiger partial charge in [-0.1, -0.05) is 62.4 Å². The van der Waals surface area contributed by atoms with E-state index in [0.717, 1.165) is 53.9 Å². The van der Waals surface area contributed by atoms with E-state index in [1.807, 2.05) is 36.7 Å². The Morgan fingerprint density at radius 1 is 1.00 bits per heavy atom. The van der Waals surface area contributed by atoms with E-state index in [1.165, 1.54) is 11.3 Å². The number of aromatic nitrogens is 2. The minimum absolute atomic E-state index is 0.0465. The molecule has 0 fully saturated rings. The number of carbonyl (C=O) groups is 1. The summed E-state index contributed by atoms with van der Waals surface area (Å²) in [6, 6.07) is 24.9. The van der Waals surface area contributed by atoms with Crippen molar-refractivity contribution in [2.45, 2.75) is 39.2 Å². The number of hydrogen-bond donors (Lipinski definition) is 1. The van der Waals surface area contributed by atoms with E-state index >= 15 is 0 Å². The number of fused-ring (bicyclic) bond motifs is 1. The van der Waals surface area contributed by atoms with Gasteiger partial charge >= 0.3 is 0 Å². The molecule has 4 nitrogen and oxygen atoms in total. The van der Waals surface area contributed by atoms with Crippen molar-refractivity contribution in [2.24, 2.45) is 5.41 Å². The van der Waals surface area contributed by atoms with Crippen LogP contribution in [0.15, 0.2) is 85.2 Å². The normalized spacial score (nSPS) is 16.7. The van der Waals surface area contributed by atoms with Crippen molar-refractivity contribution in [1.29, 1.82) is 0 Å². The Hall–Kier alpha value is -3.66. The van der Waals surface area contributed by atoms with E-state index in [-0.39, 0.29) is 11.3 Å². The van der Waals surface area contributed by atoms with Crippen LogP contribution in [0.5, 0.6) is 0 Å². The molecule has 1 aliphatic rings. The van der Waals surface area contributed by atoms with Gasteiger partial charge in [-0.2, -0.15) is 0 Å². The molecule has 0 radical (unpaired) electrons. The lowest BCUT2D eigenvalue weighted by atomic mass is 9.71. The molecule has 5 rings (SSSR count). The summed E-state index contributed by atoms with van der Waals surface area (Å²) < 4.78 is 2.42. The quantitative estimate of drug-likeness (QED) is 0.347. The van der Waals surface area contributed by atoms with Crippen molar-refractivity contribution >= 4 is 17.7 Å². The number of rotatable bonds is 6. The fourth-order valence-corrected chi connectivity index (χ4v) is 5.16. The third-order valence-electron chi connectivity index (χ3n) is 6.55. The van der Waals surface area contributed by atoms with Crippen LogP contribution in [0.3, 0.4) is 0 Å². The zero-order chi connectivity index (χ0) is 22.8. The van der Waals surface area contributed by atoms with Crippen LogP contribution in [0, 0.1) is 5.41 Å². The summed E-state index contributed by atoms with van der Waals surface area (Å²) in [5.41, 5.74) is 7.92. The predicted octanol–water partition coefficient (Wildman–Crippen LogP) is 6.60. The molecular weight excluding hydrogens is 406 g/mol. The monoisotopic (exact) mass is 435 g/mol. The number of nitrogens with one attached hydrogen (secondary N) is 1. The van der Waals surface area contributed by atoms with Crippen LogP contribution in [-0.4, -0.2) is 15.8 Å². The topological polar surface area (TPSA) is 46.9 Å². The molecule has 33 heavy (non-hydrogen) atoms. The van der Waals surface area contributed by atoms with Crippen molar-refractivity contribution in [3.8, 4) is 11.3 Å². The molecule has 1 atom stereocenters. The van der Waals surface area contributed by atoms with Crippen molar-refractivity contribution < 1.29 is 4.79 Å². The SMILES string of the molecule is CC1(C)Cc2c(c(Nc3ccccc3)c(-c3ccncc3)n2Cc2ccccc2)C(C=O)C1. The zero-order valence-corrected chi connectivity index (χ0v) is 19.2. The lowest BCUT2D eigenvalue weighted by Gasteiger charge is -2.34. The second-order valence-electron chi connectivity index (χ2n) is 9.67. The van der Waals surface area contributed by atoms with Gasteiger partial charge in [-0.3, -0.25) is 4.98 Å². The third-order valence-corrected chi connectivity index (χ3v) is 6.55. The molecule has 4 aromatic rings. The first-order valence-electron chi connectivity index (χ1n) is 11.5. The Morgan fingerprint density at radius 2 is 1.67 bits per heavy atom. The van der Waals surface area contributed by atoms with E-state index in [2.05, 4.69) is 77.2 Å². The standard InChI is InChI=1S/C29H29N3O/c1-29(2)17-23(20-33)26-25(18-29)32(19-21-9-5-3-6-10-21)28(22-13-15-30-16-14-22)27(26)31-24-11-7-4-8-12-24/h3-16,20,23,31H,17-19H2,1-2H3. The third kappa shape index (κ3) is 4.21. The minimum Gasteiger partial charge on any atom is -0.354 e. The second-order valence-corrected chi connectivity index (χ2v) is 9.67. The highest BCUT2D eigenvalue weighted by molar-refractivity contribution is 5.87. The first-order chi connectivity index (χ1) is 16.1. The van der Waals surface area contributed by atoms with Crippen LogP contribution in [0.4, 0.5) is 11.4 Å². The summed E-state index contributed by atoms with van der Waals surface area (Å²) in [4.78, 5) is 16.6. The summed E-state index contributed by atoms with van der Waals surface area (Å²) in [5, 5.41) is 3.70. The van der Waals surface area contributed by atoms with Crippen molar-refractivity contribution in [2.75, 3.05) is 5.32 Å². The maximum atomic E-state index is 12.4. The van der Waals surface area contributed by atoms with E-state index < -0.39 is 0 Å². The highest BCUT2D eigenvalue weighted by Gasteiger charge is 2.38. The number of carbonyl (C=O) groups excluding carboxylic acids is 1. The van der Waals surface area contributed by atoms with Gasteiger partial charge in [0.15, 0.2) is 0 Å². The van der Waals surface area contributed by atoms with Gasteiger partial charge in [-0.25, -0.2) is 0 Å². The molecule has 0 spiro atoms. The molecular formula is C29H29N3O. The molecule has 0 saturated carbocycles. The molecule has 4 heteroatoms. The molecule has 1 N–H and O–H groups in total. The van der Waals surface area contributed by atoms with Crippen molar-refractivity contribution in [3.05, 3.63) is 102 Å². The number of benzene rings is 2. The molecule has 2 heterocycles. The number of aldehydes is 1. The molecule has 1 unspecified atom stereocenters. The maximum absolute atomic E-state index is 12.4. The number of hydrogen-bond acceptors (Lipinski definition) is 3. The summed E-state index contributed by atoms with van der Waals surface area (Å²) in [6.07, 6.45) is 6.58. The Kier molecular flexibility index (Phi) is 5.59. The Labute approximate surface area is 195 Å². The number of pyridine rings is 1. The molecule has 0 amide bonds. The Balaban J connectivity index is 1.79. The van der Waals surface area contributed by atoms with Gasteiger partial charge in [0.1, 0.15) is 6.29 Å². The van der Waals surface area contributed by atoms with E-state index in [9.17, 15) is 4.79 Å². The van der Waals surface area contributed by atoms with Gasteiger partial charge in [0.05, 0.1) is 11.4 Å². The van der Waals surface area contributed by atoms with Gasteiger partial charge in [-0.15, -0.1) is 0 Å². The van der Waals surface area contributed by atoms with E-state index in [0.29, 0.717) is 0 Å². The summed E-state index contributed by atoms with van der Waals surface area (Å²) in [7, 11) is 0. The summed E-state index contributed by atoms with van der Waals surface area (Å²) >= 11 is 0. The van der Waals surface area contributed by atoms with Gasteiger partial charge in [-0.05, 0) is 48.1 Å². The molecule has 2 aromatic heterocycles. The van der Waals surface area contributed by atoms with Crippen molar-refractivity contribution in [1.82, 2.24) is 9.55 Å². The van der Waals surface area contributed by atoms with Crippen LogP contribution < -0.4 is 5.32 Å². The summed E-state index contributed by atoms with van der Waals surface area (Å²) in [5.74, 6) is -0.146. The number of para-hydroxylation sites is 1. The van der Waals surface area contributed by atoms with Crippen LogP contribution in [0.1, 0.15) is 43.0 Å². The smallest absolute Gasteiger partial charge is 0.127 e. The highest BCUT2D eigenvalue weighted by Crippen LogP contribution is 2.50. The summed E-state index contributed by atoms with van der Waals surface area (Å²) in [6.45, 7) is 5.28. The van der Waals surface area contributed by atoms with Gasteiger partial charge in [0.2, 0.25) is 0 Å². The first kappa shape index (κ1) is 21.2. The maximum Gasteiger partial charge on any atom is 0.127 e.